The number of carboxylic acid groups (broad SMARTS) is 1. The number of aliphatic carboxylic acids is 1. The van der Waals surface area contributed by atoms with E-state index in [0.717, 1.165) is 24.6 Å². The first-order valence-corrected chi connectivity index (χ1v) is 9.67. The van der Waals surface area contributed by atoms with Gasteiger partial charge in [-0.15, -0.1) is 0 Å². The van der Waals surface area contributed by atoms with Gasteiger partial charge >= 0.3 is 5.97 Å². The summed E-state index contributed by atoms with van der Waals surface area (Å²) in [5.41, 5.74) is 0. The van der Waals surface area contributed by atoms with Crippen molar-refractivity contribution in [3.63, 3.8) is 0 Å². The number of carboxylic acids is 1. The highest BCUT2D eigenvalue weighted by atomic mass is 32.2. The summed E-state index contributed by atoms with van der Waals surface area (Å²) in [5.74, 6) is -1.12. The van der Waals surface area contributed by atoms with Gasteiger partial charge in [-0.1, -0.05) is 30.1 Å². The van der Waals surface area contributed by atoms with E-state index in [4.69, 9.17) is 16.6 Å². The molecule has 0 aliphatic carbocycles. The lowest BCUT2D eigenvalue weighted by atomic mass is 10.0. The molecule has 1 aromatic rings. The molecule has 2 aliphatic rings. The Hall–Kier alpha value is -2.39. The number of amides is 2. The molecule has 0 spiro atoms. The molecule has 2 aliphatic heterocycles. The quantitative estimate of drug-likeness (QED) is 0.593. The summed E-state index contributed by atoms with van der Waals surface area (Å²) in [6.45, 7) is 0.139. The Morgan fingerprint density at radius 2 is 2.22 bits per heavy atom. The minimum absolute atomic E-state index is 0.242. The topological polar surface area (TPSA) is 91.1 Å². The van der Waals surface area contributed by atoms with Gasteiger partial charge in [-0.2, -0.15) is 0 Å². The lowest BCUT2D eigenvalue weighted by Gasteiger charge is -2.33. The fourth-order valence-electron chi connectivity index (χ4n) is 2.98. The van der Waals surface area contributed by atoms with Crippen LogP contribution in [-0.4, -0.2) is 56.1 Å². The fraction of sp³-hybridized carbons (Fsp3) is 0.333. The average molecular weight is 406 g/mol. The van der Waals surface area contributed by atoms with Crippen LogP contribution in [0.5, 0.6) is 0 Å². The number of thiocarbonyl (C=S) groups is 1. The van der Waals surface area contributed by atoms with Crippen molar-refractivity contribution in [3.8, 4) is 0 Å². The summed E-state index contributed by atoms with van der Waals surface area (Å²) in [7, 11) is 0. The number of furan rings is 1. The lowest BCUT2D eigenvalue weighted by molar-refractivity contribution is -0.152. The van der Waals surface area contributed by atoms with Gasteiger partial charge in [-0.3, -0.25) is 14.5 Å². The van der Waals surface area contributed by atoms with Crippen LogP contribution in [0.4, 0.5) is 0 Å². The molecular weight excluding hydrogens is 388 g/mol. The van der Waals surface area contributed by atoms with Gasteiger partial charge in [0.2, 0.25) is 5.91 Å². The maximum Gasteiger partial charge on any atom is 0.326 e. The number of piperidine rings is 1. The van der Waals surface area contributed by atoms with Crippen molar-refractivity contribution in [2.75, 3.05) is 13.1 Å². The summed E-state index contributed by atoms with van der Waals surface area (Å²) >= 11 is 6.34. The van der Waals surface area contributed by atoms with Crippen molar-refractivity contribution in [2.45, 2.75) is 25.3 Å². The highest BCUT2D eigenvalue weighted by Crippen LogP contribution is 2.31. The van der Waals surface area contributed by atoms with Gasteiger partial charge in [0, 0.05) is 6.54 Å². The number of carbonyl (C=O) groups is 3. The van der Waals surface area contributed by atoms with Gasteiger partial charge in [0.05, 0.1) is 11.2 Å². The number of likely N-dealkylation sites (tertiary alicyclic amines) is 1. The Morgan fingerprint density at radius 1 is 1.41 bits per heavy atom. The normalized spacial score (nSPS) is 22.2. The minimum Gasteiger partial charge on any atom is -0.480 e. The number of thioether (sulfide) groups is 1. The van der Waals surface area contributed by atoms with E-state index < -0.39 is 17.9 Å². The van der Waals surface area contributed by atoms with Crippen LogP contribution in [0.25, 0.3) is 6.08 Å². The number of carbonyl (C=O) groups excluding carboxylic acids is 2. The Morgan fingerprint density at radius 3 is 2.93 bits per heavy atom. The zero-order chi connectivity index (χ0) is 19.4. The molecule has 142 valence electrons. The van der Waals surface area contributed by atoms with E-state index in [1.807, 2.05) is 0 Å². The second kappa shape index (κ2) is 8.53. The molecule has 7 nitrogen and oxygen atoms in total. The van der Waals surface area contributed by atoms with Crippen LogP contribution in [0, 0.1) is 0 Å². The van der Waals surface area contributed by atoms with E-state index in [1.165, 1.54) is 9.80 Å². The maximum absolute atomic E-state index is 12.6. The predicted octanol–water partition coefficient (Wildman–Crippen LogP) is 2.50. The lowest BCUT2D eigenvalue weighted by Crippen LogP contribution is -2.51. The van der Waals surface area contributed by atoms with Crippen LogP contribution < -0.4 is 0 Å². The summed E-state index contributed by atoms with van der Waals surface area (Å²) in [6.07, 6.45) is 8.51. The molecule has 2 fully saturated rings. The van der Waals surface area contributed by atoms with Gasteiger partial charge in [-0.25, -0.2) is 4.79 Å². The first-order chi connectivity index (χ1) is 13.0. The number of hydrogen-bond donors (Lipinski definition) is 1. The Kier molecular flexibility index (Phi) is 6.12. The van der Waals surface area contributed by atoms with Gasteiger partial charge in [0.1, 0.15) is 22.7 Å². The van der Waals surface area contributed by atoms with Crippen LogP contribution in [0.15, 0.2) is 39.9 Å². The van der Waals surface area contributed by atoms with Crippen molar-refractivity contribution >= 4 is 52.2 Å². The van der Waals surface area contributed by atoms with Gasteiger partial charge in [0.25, 0.3) is 5.91 Å². The molecule has 0 aromatic carbocycles. The summed E-state index contributed by atoms with van der Waals surface area (Å²) < 4.78 is 5.46. The first-order valence-electron chi connectivity index (χ1n) is 8.45. The molecule has 1 aromatic heterocycles. The first kappa shape index (κ1) is 19.4. The molecule has 3 rings (SSSR count). The third-order valence-electron chi connectivity index (χ3n) is 4.33. The van der Waals surface area contributed by atoms with E-state index in [2.05, 4.69) is 0 Å². The van der Waals surface area contributed by atoms with Crippen LogP contribution in [-0.2, 0) is 14.4 Å². The molecule has 27 heavy (non-hydrogen) atoms. The number of nitrogens with zero attached hydrogens (tertiary/aromatic N) is 2. The smallest absolute Gasteiger partial charge is 0.326 e. The molecule has 0 radical (unpaired) electrons. The molecule has 0 bridgehead atoms. The molecule has 1 unspecified atom stereocenters. The monoisotopic (exact) mass is 406 g/mol. The average Bonchev–Trinajstić information content (AvgIpc) is 3.26. The second-order valence-electron chi connectivity index (χ2n) is 6.10. The summed E-state index contributed by atoms with van der Waals surface area (Å²) in [6, 6.07) is 2.71. The standard InChI is InChI=1S/C18H18N2O5S2/c21-15(19-9-2-1-7-13(19)17(23)24)11-20-16(22)14(27-18(20)26)8-3-5-12-6-4-10-25-12/h3-6,8,10,13H,1-2,7,9,11H2,(H,23,24). The van der Waals surface area contributed by atoms with Crippen LogP contribution in [0.1, 0.15) is 25.0 Å². The van der Waals surface area contributed by atoms with E-state index >= 15 is 0 Å². The van der Waals surface area contributed by atoms with Crippen molar-refractivity contribution in [3.05, 3.63) is 41.2 Å². The van der Waals surface area contributed by atoms with Gasteiger partial charge in [0.15, 0.2) is 0 Å². The second-order valence-corrected chi connectivity index (χ2v) is 7.78. The largest absolute Gasteiger partial charge is 0.480 e. The van der Waals surface area contributed by atoms with Crippen molar-refractivity contribution in [1.29, 1.82) is 0 Å². The zero-order valence-corrected chi connectivity index (χ0v) is 16.0. The molecule has 3 heterocycles. The molecule has 1 N–H and O–H groups in total. The Balaban J connectivity index is 1.66. The number of hydrogen-bond acceptors (Lipinski definition) is 6. The van der Waals surface area contributed by atoms with Crippen molar-refractivity contribution in [1.82, 2.24) is 9.80 Å². The maximum atomic E-state index is 12.6. The molecule has 1 atom stereocenters. The zero-order valence-electron chi connectivity index (χ0n) is 14.4. The third-order valence-corrected chi connectivity index (χ3v) is 5.72. The molecular formula is C18H18N2O5S2. The SMILES string of the molecule is O=C(O)C1CCCCN1C(=O)CN1C(=O)C(=CC=Cc2ccco2)SC1=S. The molecule has 2 saturated heterocycles. The van der Waals surface area contributed by atoms with Crippen LogP contribution in [0.3, 0.4) is 0 Å². The van der Waals surface area contributed by atoms with Crippen LogP contribution in [0.2, 0.25) is 0 Å². The summed E-state index contributed by atoms with van der Waals surface area (Å²) in [4.78, 5) is 39.5. The fourth-order valence-corrected chi connectivity index (χ4v) is 4.19. The minimum atomic E-state index is -1.02. The highest BCUT2D eigenvalue weighted by molar-refractivity contribution is 8.26. The molecule has 2 amide bonds. The van der Waals surface area contributed by atoms with Gasteiger partial charge in [-0.05, 0) is 43.5 Å². The highest BCUT2D eigenvalue weighted by Gasteiger charge is 2.37. The van der Waals surface area contributed by atoms with Crippen LogP contribution >= 0.6 is 24.0 Å². The van der Waals surface area contributed by atoms with E-state index in [-0.39, 0.29) is 16.8 Å². The molecule has 0 saturated carbocycles. The summed E-state index contributed by atoms with van der Waals surface area (Å²) in [5, 5.41) is 9.31. The Labute approximate surface area is 165 Å². The predicted molar refractivity (Wildman–Crippen MR) is 105 cm³/mol. The third kappa shape index (κ3) is 4.48. The van der Waals surface area contributed by atoms with E-state index in [0.29, 0.717) is 23.6 Å². The molecule has 9 heteroatoms. The van der Waals surface area contributed by atoms with Gasteiger partial charge < -0.3 is 14.4 Å². The van der Waals surface area contributed by atoms with E-state index in [9.17, 15) is 19.5 Å². The van der Waals surface area contributed by atoms with E-state index in [1.54, 1.807) is 36.6 Å². The van der Waals surface area contributed by atoms with Crippen molar-refractivity contribution in [2.24, 2.45) is 0 Å². The number of allylic oxidation sites excluding steroid dienone is 2. The number of rotatable bonds is 5. The Bertz CT molecular complexity index is 816. The van der Waals surface area contributed by atoms with Crippen molar-refractivity contribution < 1.29 is 23.9 Å².